The van der Waals surface area contributed by atoms with Crippen molar-refractivity contribution in [3.05, 3.63) is 65.7 Å². The molecule has 0 unspecified atom stereocenters. The predicted molar refractivity (Wildman–Crippen MR) is 96.4 cm³/mol. The molecule has 1 saturated heterocycles. The maximum atomic E-state index is 12.8. The smallest absolute Gasteiger partial charge is 0.243 e. The van der Waals surface area contributed by atoms with E-state index in [1.807, 2.05) is 37.3 Å². The van der Waals surface area contributed by atoms with Gasteiger partial charge in [-0.1, -0.05) is 48.0 Å². The first kappa shape index (κ1) is 17.1. The molecule has 0 saturated carbocycles. The summed E-state index contributed by atoms with van der Waals surface area (Å²) < 4.78 is 27.1. The highest BCUT2D eigenvalue weighted by Gasteiger charge is 2.30. The van der Waals surface area contributed by atoms with Crippen LogP contribution in [0.4, 0.5) is 0 Å². The van der Waals surface area contributed by atoms with Crippen molar-refractivity contribution in [1.82, 2.24) is 9.21 Å². The first-order chi connectivity index (χ1) is 11.5. The Morgan fingerprint density at radius 3 is 2.04 bits per heavy atom. The summed E-state index contributed by atoms with van der Waals surface area (Å²) in [6, 6.07) is 17.8. The molecular formula is C19H24N2O2S. The topological polar surface area (TPSA) is 40.6 Å². The Labute approximate surface area is 144 Å². The number of nitrogens with zero attached hydrogens (tertiary/aromatic N) is 2. The Balaban J connectivity index is 1.67. The molecule has 0 bridgehead atoms. The van der Waals surface area contributed by atoms with Crippen LogP contribution in [0.5, 0.6) is 0 Å². The second-order valence-corrected chi connectivity index (χ2v) is 8.28. The summed E-state index contributed by atoms with van der Waals surface area (Å²) in [6.45, 7) is 6.71. The van der Waals surface area contributed by atoms with Crippen LogP contribution in [0.15, 0.2) is 59.5 Å². The third-order valence-corrected chi connectivity index (χ3v) is 6.67. The molecule has 2 aromatic rings. The van der Waals surface area contributed by atoms with Crippen molar-refractivity contribution >= 4 is 10.0 Å². The third kappa shape index (κ3) is 3.53. The molecule has 3 rings (SSSR count). The van der Waals surface area contributed by atoms with Crippen molar-refractivity contribution in [2.24, 2.45) is 0 Å². The molecule has 0 N–H and O–H groups in total. The van der Waals surface area contributed by atoms with Gasteiger partial charge in [-0.05, 0) is 31.5 Å². The van der Waals surface area contributed by atoms with Gasteiger partial charge in [-0.25, -0.2) is 8.42 Å². The molecule has 128 valence electrons. The molecule has 1 aliphatic heterocycles. The molecule has 0 aromatic heterocycles. The fourth-order valence-electron chi connectivity index (χ4n) is 3.13. The lowest BCUT2D eigenvalue weighted by molar-refractivity contribution is 0.146. The van der Waals surface area contributed by atoms with Crippen LogP contribution >= 0.6 is 0 Å². The molecule has 1 fully saturated rings. The molecule has 0 aliphatic carbocycles. The molecule has 1 aliphatic rings. The van der Waals surface area contributed by atoms with E-state index in [-0.39, 0.29) is 0 Å². The van der Waals surface area contributed by atoms with Crippen LogP contribution in [0.2, 0.25) is 0 Å². The zero-order valence-corrected chi connectivity index (χ0v) is 15.0. The highest BCUT2D eigenvalue weighted by Crippen LogP contribution is 2.24. The number of hydrogen-bond acceptors (Lipinski definition) is 3. The van der Waals surface area contributed by atoms with E-state index >= 15 is 0 Å². The minimum Gasteiger partial charge on any atom is -0.294 e. The summed E-state index contributed by atoms with van der Waals surface area (Å²) in [5.41, 5.74) is 2.34. The van der Waals surface area contributed by atoms with Crippen LogP contribution in [-0.4, -0.2) is 43.8 Å². The van der Waals surface area contributed by atoms with Gasteiger partial charge in [0, 0.05) is 32.2 Å². The van der Waals surface area contributed by atoms with Gasteiger partial charge in [0.25, 0.3) is 0 Å². The van der Waals surface area contributed by atoms with Crippen LogP contribution in [0, 0.1) is 6.92 Å². The monoisotopic (exact) mass is 344 g/mol. The molecule has 24 heavy (non-hydrogen) atoms. The number of hydrogen-bond donors (Lipinski definition) is 0. The molecule has 5 heteroatoms. The van der Waals surface area contributed by atoms with Gasteiger partial charge >= 0.3 is 0 Å². The van der Waals surface area contributed by atoms with Gasteiger partial charge in [-0.3, -0.25) is 4.90 Å². The van der Waals surface area contributed by atoms with E-state index in [0.29, 0.717) is 24.0 Å². The second-order valence-electron chi connectivity index (χ2n) is 6.34. The van der Waals surface area contributed by atoms with Gasteiger partial charge in [0.05, 0.1) is 4.90 Å². The van der Waals surface area contributed by atoms with Gasteiger partial charge in [-0.2, -0.15) is 4.31 Å². The average Bonchev–Trinajstić information content (AvgIpc) is 2.62. The first-order valence-corrected chi connectivity index (χ1v) is 9.78. The Morgan fingerprint density at radius 1 is 0.875 bits per heavy atom. The van der Waals surface area contributed by atoms with E-state index in [0.717, 1.165) is 18.7 Å². The van der Waals surface area contributed by atoms with Crippen LogP contribution in [0.1, 0.15) is 24.1 Å². The normalized spacial score (nSPS) is 18.4. The quantitative estimate of drug-likeness (QED) is 0.856. The first-order valence-electron chi connectivity index (χ1n) is 8.34. The van der Waals surface area contributed by atoms with Crippen LogP contribution in [-0.2, 0) is 10.0 Å². The average molecular weight is 344 g/mol. The third-order valence-electron chi connectivity index (χ3n) is 4.76. The van der Waals surface area contributed by atoms with Gasteiger partial charge in [-0.15, -0.1) is 0 Å². The maximum Gasteiger partial charge on any atom is 0.243 e. The Kier molecular flexibility index (Phi) is 5.04. The van der Waals surface area contributed by atoms with Crippen molar-refractivity contribution in [2.75, 3.05) is 26.2 Å². The van der Waals surface area contributed by atoms with Gasteiger partial charge < -0.3 is 0 Å². The van der Waals surface area contributed by atoms with Crippen molar-refractivity contribution < 1.29 is 8.42 Å². The second kappa shape index (κ2) is 7.05. The lowest BCUT2D eigenvalue weighted by Gasteiger charge is -2.37. The predicted octanol–water partition coefficient (Wildman–Crippen LogP) is 3.06. The molecular weight excluding hydrogens is 320 g/mol. The number of benzene rings is 2. The molecule has 0 spiro atoms. The van der Waals surface area contributed by atoms with Crippen molar-refractivity contribution in [2.45, 2.75) is 24.8 Å². The SMILES string of the molecule is Cc1ccc(S(=O)(=O)N2CCN([C@@H](C)c3ccccc3)CC2)cc1. The van der Waals surface area contributed by atoms with Crippen LogP contribution < -0.4 is 0 Å². The van der Waals surface area contributed by atoms with Crippen molar-refractivity contribution in [1.29, 1.82) is 0 Å². The number of aryl methyl sites for hydroxylation is 1. The molecule has 1 atom stereocenters. The van der Waals surface area contributed by atoms with E-state index in [9.17, 15) is 8.42 Å². The fourth-order valence-corrected chi connectivity index (χ4v) is 4.56. The molecule has 2 aromatic carbocycles. The molecule has 4 nitrogen and oxygen atoms in total. The Hall–Kier alpha value is -1.69. The Bertz CT molecular complexity index is 765. The number of rotatable bonds is 4. The number of piperazine rings is 1. The van der Waals surface area contributed by atoms with Gasteiger partial charge in [0.15, 0.2) is 0 Å². The number of sulfonamides is 1. The maximum absolute atomic E-state index is 12.8. The van der Waals surface area contributed by atoms with Crippen LogP contribution in [0.3, 0.4) is 0 Å². The summed E-state index contributed by atoms with van der Waals surface area (Å²) in [7, 11) is -3.39. The largest absolute Gasteiger partial charge is 0.294 e. The molecule has 1 heterocycles. The summed E-state index contributed by atoms with van der Waals surface area (Å²) in [4.78, 5) is 2.73. The lowest BCUT2D eigenvalue weighted by Crippen LogP contribution is -2.49. The summed E-state index contributed by atoms with van der Waals surface area (Å²) in [5.74, 6) is 0. The fraction of sp³-hybridized carbons (Fsp3) is 0.368. The summed E-state index contributed by atoms with van der Waals surface area (Å²) in [5, 5.41) is 0. The minimum absolute atomic E-state index is 0.301. The highest BCUT2D eigenvalue weighted by atomic mass is 32.2. The van der Waals surface area contributed by atoms with Crippen molar-refractivity contribution in [3.8, 4) is 0 Å². The zero-order chi connectivity index (χ0) is 17.2. The molecule has 0 radical (unpaired) electrons. The lowest BCUT2D eigenvalue weighted by atomic mass is 10.1. The Morgan fingerprint density at radius 2 is 1.46 bits per heavy atom. The van der Waals surface area contributed by atoms with Crippen LogP contribution in [0.25, 0.3) is 0 Å². The van der Waals surface area contributed by atoms with E-state index < -0.39 is 10.0 Å². The summed E-state index contributed by atoms with van der Waals surface area (Å²) in [6.07, 6.45) is 0. The highest BCUT2D eigenvalue weighted by molar-refractivity contribution is 7.89. The van der Waals surface area contributed by atoms with Gasteiger partial charge in [0.1, 0.15) is 0 Å². The van der Waals surface area contributed by atoms with E-state index in [4.69, 9.17) is 0 Å². The minimum atomic E-state index is -3.39. The van der Waals surface area contributed by atoms with E-state index in [1.54, 1.807) is 16.4 Å². The van der Waals surface area contributed by atoms with Gasteiger partial charge in [0.2, 0.25) is 10.0 Å². The summed E-state index contributed by atoms with van der Waals surface area (Å²) >= 11 is 0. The zero-order valence-electron chi connectivity index (χ0n) is 14.2. The standard InChI is InChI=1S/C19H24N2O2S/c1-16-8-10-19(11-9-16)24(22,23)21-14-12-20(13-15-21)17(2)18-6-4-3-5-7-18/h3-11,17H,12-15H2,1-2H3/t17-/m0/s1. The molecule has 0 amide bonds. The van der Waals surface area contributed by atoms with E-state index in [2.05, 4.69) is 24.0 Å². The van der Waals surface area contributed by atoms with E-state index in [1.165, 1.54) is 5.56 Å². The van der Waals surface area contributed by atoms with Crippen molar-refractivity contribution in [3.63, 3.8) is 0 Å².